The molecule has 10 heteroatoms. The predicted octanol–water partition coefficient (Wildman–Crippen LogP) is 3.86. The summed E-state index contributed by atoms with van der Waals surface area (Å²) in [7, 11) is 0. The van der Waals surface area contributed by atoms with E-state index in [0.717, 1.165) is 17.5 Å². The molecule has 0 aliphatic heterocycles. The Balaban J connectivity index is 2.02. The minimum Gasteiger partial charge on any atom is -0.303 e. The number of nitrogens with zero attached hydrogens (tertiary/aromatic N) is 2. The number of rotatable bonds is 3. The molecule has 1 amide bonds. The highest BCUT2D eigenvalue weighted by molar-refractivity contribution is 7.80. The van der Waals surface area contributed by atoms with Gasteiger partial charge in [-0.15, -0.1) is 0 Å². The summed E-state index contributed by atoms with van der Waals surface area (Å²) in [6.45, 7) is 6.97. The van der Waals surface area contributed by atoms with Crippen molar-refractivity contribution in [2.45, 2.75) is 33.9 Å². The number of nitrogens with one attached hydrogen (secondary N) is 2. The van der Waals surface area contributed by atoms with Crippen molar-refractivity contribution in [2.24, 2.45) is 17.3 Å². The molecule has 142 valence electrons. The Labute approximate surface area is 159 Å². The quantitative estimate of drug-likeness (QED) is 0.746. The van der Waals surface area contributed by atoms with Crippen molar-refractivity contribution >= 4 is 40.8 Å². The van der Waals surface area contributed by atoms with E-state index in [2.05, 4.69) is 20.6 Å². The van der Waals surface area contributed by atoms with Crippen LogP contribution in [-0.4, -0.2) is 27.2 Å². The number of halogens is 4. The van der Waals surface area contributed by atoms with Gasteiger partial charge in [-0.3, -0.25) is 4.79 Å². The fraction of sp³-hybridized carbons (Fsp3) is 0.500. The van der Waals surface area contributed by atoms with Crippen LogP contribution in [-0.2, 0) is 4.79 Å². The van der Waals surface area contributed by atoms with Crippen LogP contribution < -0.4 is 10.6 Å². The summed E-state index contributed by atoms with van der Waals surface area (Å²) in [5, 5.41) is 3.93. The van der Waals surface area contributed by atoms with Crippen LogP contribution in [0.3, 0.4) is 0 Å². The van der Waals surface area contributed by atoms with Gasteiger partial charge in [0.15, 0.2) is 5.11 Å². The van der Waals surface area contributed by atoms with E-state index in [0.29, 0.717) is 0 Å². The highest BCUT2D eigenvalue weighted by atomic mass is 35.5. The Morgan fingerprint density at radius 3 is 2.35 bits per heavy atom. The van der Waals surface area contributed by atoms with Gasteiger partial charge >= 0.3 is 6.18 Å². The van der Waals surface area contributed by atoms with Crippen LogP contribution in [0.5, 0.6) is 0 Å². The standard InChI is InChI=1S/C16H18ClF3N4OS/c1-7-5-8(2)22-13(21-7)24-14(26)23-12(25)11-9(15(11,3)4)6-10(17)16(18,19)20/h5-6,9,11H,1-4H3,(H2,21,22,23,24,25,26)/b10-6+. The molecule has 0 bridgehead atoms. The van der Waals surface area contributed by atoms with Gasteiger partial charge in [-0.05, 0) is 43.5 Å². The van der Waals surface area contributed by atoms with Gasteiger partial charge in [-0.1, -0.05) is 31.5 Å². The molecule has 1 aliphatic carbocycles. The summed E-state index contributed by atoms with van der Waals surface area (Å²) >= 11 is 10.3. The largest absolute Gasteiger partial charge is 0.426 e. The summed E-state index contributed by atoms with van der Waals surface area (Å²) in [4.78, 5) is 20.6. The van der Waals surface area contributed by atoms with E-state index < -0.39 is 34.4 Å². The topological polar surface area (TPSA) is 66.9 Å². The lowest BCUT2D eigenvalue weighted by atomic mass is 10.1. The second kappa shape index (κ2) is 7.11. The number of anilines is 1. The SMILES string of the molecule is Cc1cc(C)nc(NC(=S)NC(=O)C2C(/C=C(/Cl)C(F)(F)F)C2(C)C)n1. The number of amides is 1. The maximum atomic E-state index is 12.6. The van der Waals surface area contributed by atoms with Gasteiger partial charge in [0.1, 0.15) is 5.03 Å². The molecular weight excluding hydrogens is 389 g/mol. The van der Waals surface area contributed by atoms with Crippen LogP contribution in [0.25, 0.3) is 0 Å². The van der Waals surface area contributed by atoms with Crippen molar-refractivity contribution in [3.63, 3.8) is 0 Å². The molecule has 2 unspecified atom stereocenters. The van der Waals surface area contributed by atoms with Crippen LogP contribution in [0, 0.1) is 31.1 Å². The average Bonchev–Trinajstić information content (AvgIpc) is 2.97. The third kappa shape index (κ3) is 4.70. The molecule has 0 spiro atoms. The van der Waals surface area contributed by atoms with Crippen molar-refractivity contribution in [1.29, 1.82) is 0 Å². The maximum absolute atomic E-state index is 12.6. The van der Waals surface area contributed by atoms with Gasteiger partial charge in [0.05, 0.1) is 5.92 Å². The molecule has 0 radical (unpaired) electrons. The zero-order valence-electron chi connectivity index (χ0n) is 14.5. The molecule has 1 heterocycles. The van der Waals surface area contributed by atoms with E-state index in [1.165, 1.54) is 0 Å². The van der Waals surface area contributed by atoms with E-state index in [-0.39, 0.29) is 11.1 Å². The predicted molar refractivity (Wildman–Crippen MR) is 96.6 cm³/mol. The first-order chi connectivity index (χ1) is 11.8. The fourth-order valence-corrected chi connectivity index (χ4v) is 3.17. The number of aryl methyl sites for hydroxylation is 2. The van der Waals surface area contributed by atoms with Gasteiger partial charge in [-0.2, -0.15) is 13.2 Å². The van der Waals surface area contributed by atoms with E-state index in [9.17, 15) is 18.0 Å². The summed E-state index contributed by atoms with van der Waals surface area (Å²) in [6.07, 6.45) is -3.74. The first-order valence-electron chi connectivity index (χ1n) is 7.71. The van der Waals surface area contributed by atoms with Crippen molar-refractivity contribution in [1.82, 2.24) is 15.3 Å². The highest BCUT2D eigenvalue weighted by Gasteiger charge is 2.61. The van der Waals surface area contributed by atoms with Crippen LogP contribution in [0.1, 0.15) is 25.2 Å². The Morgan fingerprint density at radius 2 is 1.85 bits per heavy atom. The summed E-state index contributed by atoms with van der Waals surface area (Å²) < 4.78 is 37.8. The second-order valence-electron chi connectivity index (χ2n) is 6.75. The molecule has 1 aromatic rings. The smallest absolute Gasteiger partial charge is 0.303 e. The van der Waals surface area contributed by atoms with Crippen LogP contribution >= 0.6 is 23.8 Å². The number of hydrogen-bond donors (Lipinski definition) is 2. The molecule has 1 aromatic heterocycles. The number of carbonyl (C=O) groups excluding carboxylic acids is 1. The van der Waals surface area contributed by atoms with Crippen LogP contribution in [0.15, 0.2) is 17.2 Å². The van der Waals surface area contributed by atoms with E-state index in [4.69, 9.17) is 23.8 Å². The fourth-order valence-electron chi connectivity index (χ4n) is 2.85. The van der Waals surface area contributed by atoms with Gasteiger partial charge in [0, 0.05) is 11.4 Å². The molecule has 1 saturated carbocycles. The molecule has 1 fully saturated rings. The van der Waals surface area contributed by atoms with Gasteiger partial charge < -0.3 is 10.6 Å². The molecule has 26 heavy (non-hydrogen) atoms. The third-order valence-electron chi connectivity index (χ3n) is 4.23. The maximum Gasteiger partial charge on any atom is 0.426 e. The van der Waals surface area contributed by atoms with Crippen molar-refractivity contribution in [3.8, 4) is 0 Å². The third-order valence-corrected chi connectivity index (χ3v) is 4.78. The summed E-state index contributed by atoms with van der Waals surface area (Å²) in [5.74, 6) is -1.54. The Hall–Kier alpha value is -1.74. The molecular formula is C16H18ClF3N4OS. The molecule has 0 aromatic carbocycles. The normalized spacial score (nSPS) is 21.9. The Kier molecular flexibility index (Phi) is 5.63. The van der Waals surface area contributed by atoms with Crippen molar-refractivity contribution in [3.05, 3.63) is 28.6 Å². The Morgan fingerprint density at radius 1 is 1.31 bits per heavy atom. The first kappa shape index (κ1) is 20.6. The zero-order valence-corrected chi connectivity index (χ0v) is 16.1. The van der Waals surface area contributed by atoms with Crippen molar-refractivity contribution in [2.75, 3.05) is 5.32 Å². The van der Waals surface area contributed by atoms with Gasteiger partial charge in [0.2, 0.25) is 11.9 Å². The molecule has 2 atom stereocenters. The molecule has 2 N–H and O–H groups in total. The number of aromatic nitrogens is 2. The summed E-state index contributed by atoms with van der Waals surface area (Å²) in [6, 6.07) is 1.78. The molecule has 1 aliphatic rings. The molecule has 2 rings (SSSR count). The number of thiocarbonyl (C=S) groups is 1. The Bertz CT molecular complexity index is 759. The van der Waals surface area contributed by atoms with Crippen LogP contribution in [0.4, 0.5) is 19.1 Å². The minimum absolute atomic E-state index is 0.0210. The second-order valence-corrected chi connectivity index (χ2v) is 7.57. The van der Waals surface area contributed by atoms with Gasteiger partial charge in [-0.25, -0.2) is 9.97 Å². The van der Waals surface area contributed by atoms with E-state index in [1.54, 1.807) is 33.8 Å². The van der Waals surface area contributed by atoms with E-state index in [1.807, 2.05) is 0 Å². The molecule has 0 saturated heterocycles. The van der Waals surface area contributed by atoms with Crippen molar-refractivity contribution < 1.29 is 18.0 Å². The monoisotopic (exact) mass is 406 g/mol. The lowest BCUT2D eigenvalue weighted by Crippen LogP contribution is -2.36. The number of allylic oxidation sites excluding steroid dienone is 2. The van der Waals surface area contributed by atoms with Crippen LogP contribution in [0.2, 0.25) is 0 Å². The highest BCUT2D eigenvalue weighted by Crippen LogP contribution is 2.60. The number of hydrogen-bond acceptors (Lipinski definition) is 4. The zero-order chi connectivity index (χ0) is 19.9. The van der Waals surface area contributed by atoms with Gasteiger partial charge in [0.25, 0.3) is 0 Å². The minimum atomic E-state index is -4.63. The molecule has 5 nitrogen and oxygen atoms in total. The number of carbonyl (C=O) groups is 1. The summed E-state index contributed by atoms with van der Waals surface area (Å²) in [5.41, 5.74) is 0.801. The lowest BCUT2D eigenvalue weighted by molar-refractivity contribution is -0.121. The first-order valence-corrected chi connectivity index (χ1v) is 8.49. The average molecular weight is 407 g/mol. The van der Waals surface area contributed by atoms with E-state index >= 15 is 0 Å². The lowest BCUT2D eigenvalue weighted by Gasteiger charge is -2.10. The number of alkyl halides is 3.